The molecule has 1 heterocycles. The maximum Gasteiger partial charge on any atom is 0.419 e. The smallest absolute Gasteiger partial charge is 0.314 e. The van der Waals surface area contributed by atoms with Crippen LogP contribution in [0.1, 0.15) is 37.9 Å². The molecule has 1 aliphatic heterocycles. The lowest BCUT2D eigenvalue weighted by molar-refractivity contribution is -0.140. The lowest BCUT2D eigenvalue weighted by atomic mass is 9.80. The van der Waals surface area contributed by atoms with E-state index in [-0.39, 0.29) is 11.5 Å². The molecule has 1 aromatic carbocycles. The summed E-state index contributed by atoms with van der Waals surface area (Å²) in [5.41, 5.74) is -0.812. The third-order valence-corrected chi connectivity index (χ3v) is 3.95. The van der Waals surface area contributed by atoms with Crippen LogP contribution in [0.25, 0.3) is 0 Å². The molecule has 0 aliphatic carbocycles. The Morgan fingerprint density at radius 3 is 2.14 bits per heavy atom. The van der Waals surface area contributed by atoms with Crippen molar-refractivity contribution in [3.63, 3.8) is 0 Å². The van der Waals surface area contributed by atoms with E-state index in [0.29, 0.717) is 5.56 Å². The molecule has 1 atom stereocenters. The molecule has 1 aromatic rings. The molecule has 1 saturated heterocycles. The van der Waals surface area contributed by atoms with Crippen LogP contribution < -0.4 is 5.32 Å². The van der Waals surface area contributed by atoms with Gasteiger partial charge < -0.3 is 5.32 Å². The Hall–Kier alpha value is -1.14. The van der Waals surface area contributed by atoms with Gasteiger partial charge in [-0.2, -0.15) is 13.2 Å². The molecule has 22 heavy (non-hydrogen) atoms. The van der Waals surface area contributed by atoms with Gasteiger partial charge in [-0.05, 0) is 23.1 Å². The normalized spacial score (nSPS) is 19.2. The third-order valence-electron chi connectivity index (χ3n) is 3.95. The predicted octanol–water partition coefficient (Wildman–Crippen LogP) is 3.84. The van der Waals surface area contributed by atoms with Gasteiger partial charge in [0.05, 0.1) is 5.56 Å². The second kappa shape index (κ2) is 6.16. The fraction of sp³-hybridized carbons (Fsp3) is 0.625. The van der Waals surface area contributed by atoms with Crippen LogP contribution in [0.4, 0.5) is 17.6 Å². The number of rotatable bonds is 2. The summed E-state index contributed by atoms with van der Waals surface area (Å²) in [6, 6.07) is 3.18. The van der Waals surface area contributed by atoms with Gasteiger partial charge in [0.1, 0.15) is 5.82 Å². The highest BCUT2D eigenvalue weighted by Crippen LogP contribution is 2.40. The van der Waals surface area contributed by atoms with Crippen molar-refractivity contribution in [1.29, 1.82) is 0 Å². The van der Waals surface area contributed by atoms with Gasteiger partial charge in [0.15, 0.2) is 0 Å². The highest BCUT2D eigenvalue weighted by atomic mass is 19.4. The van der Waals surface area contributed by atoms with Crippen molar-refractivity contribution in [2.24, 2.45) is 5.41 Å². The van der Waals surface area contributed by atoms with Gasteiger partial charge >= 0.3 is 6.18 Å². The number of hydrogen-bond acceptors (Lipinski definition) is 2. The largest absolute Gasteiger partial charge is 0.419 e. The molecule has 0 amide bonds. The molecule has 1 fully saturated rings. The minimum absolute atomic E-state index is 0.119. The highest BCUT2D eigenvalue weighted by molar-refractivity contribution is 5.29. The van der Waals surface area contributed by atoms with Crippen molar-refractivity contribution in [3.05, 3.63) is 35.1 Å². The minimum atomic E-state index is -4.66. The number of hydrogen-bond donors (Lipinski definition) is 1. The number of benzene rings is 1. The Balaban J connectivity index is 2.38. The average Bonchev–Trinajstić information content (AvgIpc) is 2.37. The summed E-state index contributed by atoms with van der Waals surface area (Å²) in [5.74, 6) is -1.20. The molecule has 6 heteroatoms. The summed E-state index contributed by atoms with van der Waals surface area (Å²) in [5, 5.41) is 3.25. The van der Waals surface area contributed by atoms with Crippen molar-refractivity contribution in [1.82, 2.24) is 10.2 Å². The van der Waals surface area contributed by atoms with E-state index >= 15 is 0 Å². The van der Waals surface area contributed by atoms with Gasteiger partial charge in [-0.25, -0.2) is 4.39 Å². The van der Waals surface area contributed by atoms with Crippen LogP contribution in [0.3, 0.4) is 0 Å². The Labute approximate surface area is 128 Å². The molecule has 0 bridgehead atoms. The fourth-order valence-electron chi connectivity index (χ4n) is 3.13. The summed E-state index contributed by atoms with van der Waals surface area (Å²) in [7, 11) is 0. The van der Waals surface area contributed by atoms with E-state index in [2.05, 4.69) is 10.2 Å². The Bertz CT molecular complexity index is 514. The first kappa shape index (κ1) is 17.2. The molecule has 0 saturated carbocycles. The zero-order valence-corrected chi connectivity index (χ0v) is 13.1. The summed E-state index contributed by atoms with van der Waals surface area (Å²) in [6.45, 7) is 9.32. The van der Waals surface area contributed by atoms with Crippen LogP contribution in [0, 0.1) is 11.2 Å². The lowest BCUT2D eigenvalue weighted by Gasteiger charge is -2.42. The number of halogens is 4. The third kappa shape index (κ3) is 3.79. The number of nitrogens with one attached hydrogen (secondary N) is 1. The molecule has 0 radical (unpaired) electrons. The van der Waals surface area contributed by atoms with E-state index in [0.717, 1.165) is 38.3 Å². The van der Waals surface area contributed by atoms with Gasteiger partial charge in [0, 0.05) is 32.2 Å². The van der Waals surface area contributed by atoms with E-state index in [1.54, 1.807) is 0 Å². The van der Waals surface area contributed by atoms with Gasteiger partial charge in [-0.15, -0.1) is 0 Å². The van der Waals surface area contributed by atoms with E-state index in [1.165, 1.54) is 6.07 Å². The molecule has 0 aromatic heterocycles. The van der Waals surface area contributed by atoms with E-state index in [1.807, 2.05) is 20.8 Å². The molecule has 0 unspecified atom stereocenters. The molecule has 2 rings (SSSR count). The van der Waals surface area contributed by atoms with Crippen LogP contribution in [-0.2, 0) is 6.18 Å². The summed E-state index contributed by atoms with van der Waals surface area (Å²) < 4.78 is 52.0. The first-order valence-corrected chi connectivity index (χ1v) is 7.42. The number of alkyl halides is 3. The monoisotopic (exact) mass is 318 g/mol. The molecule has 1 N–H and O–H groups in total. The summed E-state index contributed by atoms with van der Waals surface area (Å²) in [6.07, 6.45) is -4.66. The highest BCUT2D eigenvalue weighted by Gasteiger charge is 2.37. The van der Waals surface area contributed by atoms with Crippen LogP contribution in [-0.4, -0.2) is 31.1 Å². The zero-order chi connectivity index (χ0) is 16.5. The molecule has 2 nitrogen and oxygen atoms in total. The predicted molar refractivity (Wildman–Crippen MR) is 78.0 cm³/mol. The van der Waals surface area contributed by atoms with Crippen LogP contribution in [0.2, 0.25) is 0 Å². The van der Waals surface area contributed by atoms with E-state index in [4.69, 9.17) is 0 Å². The van der Waals surface area contributed by atoms with Crippen molar-refractivity contribution >= 4 is 0 Å². The molecule has 1 aliphatic rings. The minimum Gasteiger partial charge on any atom is -0.314 e. The Morgan fingerprint density at radius 1 is 1.09 bits per heavy atom. The fourth-order valence-corrected chi connectivity index (χ4v) is 3.13. The summed E-state index contributed by atoms with van der Waals surface area (Å²) >= 11 is 0. The van der Waals surface area contributed by atoms with Crippen molar-refractivity contribution in [2.45, 2.75) is 33.0 Å². The summed E-state index contributed by atoms with van der Waals surface area (Å²) in [4.78, 5) is 2.21. The van der Waals surface area contributed by atoms with Gasteiger partial charge in [0.2, 0.25) is 0 Å². The topological polar surface area (TPSA) is 15.3 Å². The van der Waals surface area contributed by atoms with Crippen molar-refractivity contribution < 1.29 is 17.6 Å². The first-order chi connectivity index (χ1) is 10.1. The molecular formula is C16H22F4N2. The van der Waals surface area contributed by atoms with E-state index < -0.39 is 17.6 Å². The second-order valence-electron chi connectivity index (χ2n) is 6.79. The average molecular weight is 318 g/mol. The SMILES string of the molecule is CC(C)(C)[C@H](c1ccc(C(F)(F)F)c(F)c1)N1CCNCC1. The molecule has 124 valence electrons. The Kier molecular flexibility index (Phi) is 4.82. The quantitative estimate of drug-likeness (QED) is 0.834. The number of nitrogens with zero attached hydrogens (tertiary/aromatic N) is 1. The maximum atomic E-state index is 13.9. The van der Waals surface area contributed by atoms with Crippen LogP contribution in [0.15, 0.2) is 18.2 Å². The Morgan fingerprint density at radius 2 is 1.68 bits per heavy atom. The van der Waals surface area contributed by atoms with Crippen LogP contribution in [0.5, 0.6) is 0 Å². The van der Waals surface area contributed by atoms with Gasteiger partial charge in [0.25, 0.3) is 0 Å². The maximum absolute atomic E-state index is 13.9. The van der Waals surface area contributed by atoms with Crippen LogP contribution >= 0.6 is 0 Å². The lowest BCUT2D eigenvalue weighted by Crippen LogP contribution is -2.48. The molecular weight excluding hydrogens is 296 g/mol. The van der Waals surface area contributed by atoms with Gasteiger partial charge in [-0.3, -0.25) is 4.90 Å². The second-order valence-corrected chi connectivity index (χ2v) is 6.79. The number of piperazine rings is 1. The van der Waals surface area contributed by atoms with Crippen molar-refractivity contribution in [2.75, 3.05) is 26.2 Å². The van der Waals surface area contributed by atoms with E-state index in [9.17, 15) is 17.6 Å². The standard InChI is InChI=1S/C16H22F4N2/c1-15(2,3)14(22-8-6-21-7-9-22)11-4-5-12(13(17)10-11)16(18,19)20/h4-5,10,14,21H,6-9H2,1-3H3/t14-/m0/s1. The van der Waals surface area contributed by atoms with Gasteiger partial charge in [-0.1, -0.05) is 26.8 Å². The van der Waals surface area contributed by atoms with Crippen molar-refractivity contribution in [3.8, 4) is 0 Å². The first-order valence-electron chi connectivity index (χ1n) is 7.42. The zero-order valence-electron chi connectivity index (χ0n) is 13.1. The molecule has 0 spiro atoms.